The monoisotopic (exact) mass is 174 g/mol. The SMILES string of the molecule is CC(C)COCC(C)(C)C(=O)O. The van der Waals surface area contributed by atoms with Crippen molar-refractivity contribution in [1.29, 1.82) is 0 Å². The molecule has 0 saturated heterocycles. The minimum atomic E-state index is -0.814. The summed E-state index contributed by atoms with van der Waals surface area (Å²) in [6, 6.07) is 0. The van der Waals surface area contributed by atoms with Gasteiger partial charge in [-0.3, -0.25) is 4.79 Å². The zero-order valence-corrected chi connectivity index (χ0v) is 8.26. The lowest BCUT2D eigenvalue weighted by molar-refractivity contribution is -0.150. The summed E-state index contributed by atoms with van der Waals surface area (Å²) in [5.74, 6) is -0.360. The van der Waals surface area contributed by atoms with Crippen LogP contribution in [0.5, 0.6) is 0 Å². The first-order valence-electron chi connectivity index (χ1n) is 4.17. The van der Waals surface area contributed by atoms with Crippen LogP contribution in [0.2, 0.25) is 0 Å². The summed E-state index contributed by atoms with van der Waals surface area (Å²) in [5.41, 5.74) is -0.769. The summed E-state index contributed by atoms with van der Waals surface area (Å²) in [6.45, 7) is 8.30. The maximum absolute atomic E-state index is 10.6. The number of carboxylic acid groups (broad SMARTS) is 1. The van der Waals surface area contributed by atoms with Crippen LogP contribution in [-0.4, -0.2) is 24.3 Å². The van der Waals surface area contributed by atoms with Crippen LogP contribution in [0.1, 0.15) is 27.7 Å². The molecule has 0 heterocycles. The molecule has 0 aliphatic carbocycles. The van der Waals surface area contributed by atoms with E-state index in [0.29, 0.717) is 12.5 Å². The van der Waals surface area contributed by atoms with E-state index in [9.17, 15) is 4.79 Å². The molecule has 0 unspecified atom stereocenters. The smallest absolute Gasteiger partial charge is 0.311 e. The molecule has 0 radical (unpaired) electrons. The molecule has 1 N–H and O–H groups in total. The first kappa shape index (κ1) is 11.4. The highest BCUT2D eigenvalue weighted by molar-refractivity contribution is 5.73. The largest absolute Gasteiger partial charge is 0.481 e. The van der Waals surface area contributed by atoms with Crippen LogP contribution in [0.3, 0.4) is 0 Å². The zero-order valence-electron chi connectivity index (χ0n) is 8.26. The Labute approximate surface area is 73.7 Å². The van der Waals surface area contributed by atoms with Crippen molar-refractivity contribution in [3.63, 3.8) is 0 Å². The van der Waals surface area contributed by atoms with Crippen LogP contribution in [0.15, 0.2) is 0 Å². The van der Waals surface area contributed by atoms with Gasteiger partial charge < -0.3 is 9.84 Å². The van der Waals surface area contributed by atoms with E-state index < -0.39 is 11.4 Å². The Morgan fingerprint density at radius 3 is 2.33 bits per heavy atom. The summed E-state index contributed by atoms with van der Waals surface area (Å²) in [7, 11) is 0. The fourth-order valence-corrected chi connectivity index (χ4v) is 0.612. The van der Waals surface area contributed by atoms with Crippen molar-refractivity contribution in [3.8, 4) is 0 Å². The number of aliphatic carboxylic acids is 1. The molecule has 0 atom stereocenters. The van der Waals surface area contributed by atoms with E-state index in [0.717, 1.165) is 0 Å². The lowest BCUT2D eigenvalue weighted by atomic mass is 9.95. The Balaban J connectivity index is 3.69. The number of rotatable bonds is 5. The molecular formula is C9H18O3. The average Bonchev–Trinajstić information content (AvgIpc) is 1.85. The quantitative estimate of drug-likeness (QED) is 0.691. The summed E-state index contributed by atoms with van der Waals surface area (Å²) in [4.78, 5) is 10.6. The van der Waals surface area contributed by atoms with Gasteiger partial charge in [0.05, 0.1) is 12.0 Å². The molecule has 0 fully saturated rings. The summed E-state index contributed by atoms with van der Waals surface area (Å²) >= 11 is 0. The predicted octanol–water partition coefficient (Wildman–Crippen LogP) is 1.77. The maximum Gasteiger partial charge on any atom is 0.311 e. The van der Waals surface area contributed by atoms with Gasteiger partial charge in [-0.15, -0.1) is 0 Å². The molecule has 12 heavy (non-hydrogen) atoms. The highest BCUT2D eigenvalue weighted by atomic mass is 16.5. The van der Waals surface area contributed by atoms with Gasteiger partial charge in [0.1, 0.15) is 0 Å². The molecular weight excluding hydrogens is 156 g/mol. The topological polar surface area (TPSA) is 46.5 Å². The summed E-state index contributed by atoms with van der Waals surface area (Å²) in [6.07, 6.45) is 0. The number of carboxylic acids is 1. The van der Waals surface area contributed by atoms with Gasteiger partial charge in [0.25, 0.3) is 0 Å². The molecule has 0 aliphatic heterocycles. The number of carbonyl (C=O) groups is 1. The van der Waals surface area contributed by atoms with E-state index in [-0.39, 0.29) is 6.61 Å². The van der Waals surface area contributed by atoms with Gasteiger partial charge in [-0.2, -0.15) is 0 Å². The maximum atomic E-state index is 10.6. The minimum absolute atomic E-state index is 0.278. The van der Waals surface area contributed by atoms with Crippen LogP contribution < -0.4 is 0 Å². The highest BCUT2D eigenvalue weighted by Gasteiger charge is 2.27. The van der Waals surface area contributed by atoms with E-state index >= 15 is 0 Å². The third kappa shape index (κ3) is 4.34. The Morgan fingerprint density at radius 1 is 1.50 bits per heavy atom. The normalized spacial score (nSPS) is 12.1. The minimum Gasteiger partial charge on any atom is -0.481 e. The van der Waals surface area contributed by atoms with Gasteiger partial charge in [0.15, 0.2) is 0 Å². The predicted molar refractivity (Wildman–Crippen MR) is 47.1 cm³/mol. The fraction of sp³-hybridized carbons (Fsp3) is 0.889. The Kier molecular flexibility index (Phi) is 4.24. The molecule has 0 bridgehead atoms. The van der Waals surface area contributed by atoms with Crippen molar-refractivity contribution in [2.45, 2.75) is 27.7 Å². The Bertz CT molecular complexity index is 150. The zero-order chi connectivity index (χ0) is 9.78. The van der Waals surface area contributed by atoms with Crippen molar-refractivity contribution in [1.82, 2.24) is 0 Å². The van der Waals surface area contributed by atoms with Gasteiger partial charge in [-0.25, -0.2) is 0 Å². The third-order valence-electron chi connectivity index (χ3n) is 1.49. The fourth-order valence-electron chi connectivity index (χ4n) is 0.612. The van der Waals surface area contributed by atoms with Crippen LogP contribution in [-0.2, 0) is 9.53 Å². The van der Waals surface area contributed by atoms with E-state index in [1.807, 2.05) is 13.8 Å². The van der Waals surface area contributed by atoms with Gasteiger partial charge >= 0.3 is 5.97 Å². The Morgan fingerprint density at radius 2 is 2.00 bits per heavy atom. The van der Waals surface area contributed by atoms with Gasteiger partial charge in [0, 0.05) is 6.61 Å². The van der Waals surface area contributed by atoms with E-state index in [1.54, 1.807) is 13.8 Å². The van der Waals surface area contributed by atoms with Crippen LogP contribution in [0.4, 0.5) is 0 Å². The number of ether oxygens (including phenoxy) is 1. The van der Waals surface area contributed by atoms with Gasteiger partial charge in [-0.1, -0.05) is 13.8 Å². The number of hydrogen-bond acceptors (Lipinski definition) is 2. The van der Waals surface area contributed by atoms with Crippen LogP contribution in [0.25, 0.3) is 0 Å². The summed E-state index contributed by atoms with van der Waals surface area (Å²) in [5, 5.41) is 8.73. The molecule has 0 saturated carbocycles. The Hall–Kier alpha value is -0.570. The molecule has 3 nitrogen and oxygen atoms in total. The molecule has 0 aromatic heterocycles. The first-order chi connectivity index (χ1) is 5.36. The lowest BCUT2D eigenvalue weighted by Crippen LogP contribution is -2.29. The second-order valence-electron chi connectivity index (χ2n) is 4.10. The van der Waals surface area contributed by atoms with E-state index in [4.69, 9.17) is 9.84 Å². The first-order valence-corrected chi connectivity index (χ1v) is 4.17. The van der Waals surface area contributed by atoms with Gasteiger partial charge in [-0.05, 0) is 19.8 Å². The summed E-state index contributed by atoms with van der Waals surface area (Å²) < 4.78 is 5.24. The van der Waals surface area contributed by atoms with Crippen molar-refractivity contribution < 1.29 is 14.6 Å². The lowest BCUT2D eigenvalue weighted by Gasteiger charge is -2.19. The molecule has 0 amide bonds. The third-order valence-corrected chi connectivity index (χ3v) is 1.49. The molecule has 0 aromatic carbocycles. The van der Waals surface area contributed by atoms with Crippen molar-refractivity contribution in [2.75, 3.05) is 13.2 Å². The van der Waals surface area contributed by atoms with Crippen molar-refractivity contribution in [2.24, 2.45) is 11.3 Å². The van der Waals surface area contributed by atoms with Crippen molar-refractivity contribution >= 4 is 5.97 Å². The molecule has 3 heteroatoms. The van der Waals surface area contributed by atoms with E-state index in [1.165, 1.54) is 0 Å². The second kappa shape index (κ2) is 4.45. The molecule has 72 valence electrons. The molecule has 0 aromatic rings. The molecule has 0 rings (SSSR count). The average molecular weight is 174 g/mol. The number of hydrogen-bond donors (Lipinski definition) is 1. The highest BCUT2D eigenvalue weighted by Crippen LogP contribution is 2.15. The second-order valence-corrected chi connectivity index (χ2v) is 4.10. The van der Waals surface area contributed by atoms with Crippen LogP contribution >= 0.6 is 0 Å². The van der Waals surface area contributed by atoms with E-state index in [2.05, 4.69) is 0 Å². The van der Waals surface area contributed by atoms with Crippen molar-refractivity contribution in [3.05, 3.63) is 0 Å². The molecule has 0 aliphatic rings. The van der Waals surface area contributed by atoms with Crippen LogP contribution in [0, 0.1) is 11.3 Å². The molecule has 0 spiro atoms. The van der Waals surface area contributed by atoms with Gasteiger partial charge in [0.2, 0.25) is 0 Å². The standard InChI is InChI=1S/C9H18O3/c1-7(2)5-12-6-9(3,4)8(10)11/h7H,5-6H2,1-4H3,(H,10,11).